The molecule has 1 amide bonds. The fourth-order valence-corrected chi connectivity index (χ4v) is 3.19. The van der Waals surface area contributed by atoms with Gasteiger partial charge in [0, 0.05) is 13.1 Å². The van der Waals surface area contributed by atoms with Crippen molar-refractivity contribution in [2.24, 2.45) is 0 Å². The summed E-state index contributed by atoms with van der Waals surface area (Å²) in [4.78, 5) is 11.2. The van der Waals surface area contributed by atoms with Crippen LogP contribution in [0.4, 0.5) is 5.69 Å². The molecule has 0 aliphatic carbocycles. The zero-order valence-corrected chi connectivity index (χ0v) is 9.90. The van der Waals surface area contributed by atoms with Gasteiger partial charge >= 0.3 is 0 Å². The summed E-state index contributed by atoms with van der Waals surface area (Å²) in [5.74, 6) is -0.297. The monoisotopic (exact) mass is 255 g/mol. The van der Waals surface area contributed by atoms with Crippen LogP contribution in [0.5, 0.6) is 0 Å². The van der Waals surface area contributed by atoms with Crippen molar-refractivity contribution in [3.63, 3.8) is 0 Å². The van der Waals surface area contributed by atoms with Gasteiger partial charge in [-0.2, -0.15) is 4.31 Å². The fourth-order valence-electron chi connectivity index (χ4n) is 1.67. The Labute approximate surface area is 99.5 Å². The normalized spacial score (nSPS) is 17.8. The van der Waals surface area contributed by atoms with Crippen molar-refractivity contribution < 1.29 is 13.2 Å². The highest BCUT2D eigenvalue weighted by Crippen LogP contribution is 2.21. The minimum absolute atomic E-state index is 0.0506. The van der Waals surface area contributed by atoms with Crippen LogP contribution < -0.4 is 11.1 Å². The molecule has 1 heterocycles. The Bertz CT molecular complexity index is 541. The smallest absolute Gasteiger partial charge is 0.245 e. The predicted molar refractivity (Wildman–Crippen MR) is 62.6 cm³/mol. The zero-order chi connectivity index (χ0) is 12.5. The molecule has 1 aromatic rings. The number of carbonyl (C=O) groups excluding carboxylic acids is 1. The average Bonchev–Trinajstić information content (AvgIpc) is 2.29. The van der Waals surface area contributed by atoms with Gasteiger partial charge in [0.1, 0.15) is 4.90 Å². The summed E-state index contributed by atoms with van der Waals surface area (Å²) in [6.07, 6.45) is 0. The van der Waals surface area contributed by atoms with Gasteiger partial charge in [0.25, 0.3) is 0 Å². The summed E-state index contributed by atoms with van der Waals surface area (Å²) in [7, 11) is -3.68. The summed E-state index contributed by atoms with van der Waals surface area (Å²) < 4.78 is 25.6. The molecule has 0 saturated carbocycles. The molecule has 1 aliphatic heterocycles. The van der Waals surface area contributed by atoms with E-state index in [4.69, 9.17) is 5.73 Å². The van der Waals surface area contributed by atoms with E-state index < -0.39 is 10.0 Å². The molecule has 7 heteroatoms. The van der Waals surface area contributed by atoms with E-state index in [0.29, 0.717) is 6.54 Å². The van der Waals surface area contributed by atoms with Gasteiger partial charge in [0.05, 0.1) is 12.2 Å². The van der Waals surface area contributed by atoms with E-state index in [-0.39, 0.29) is 29.6 Å². The highest BCUT2D eigenvalue weighted by molar-refractivity contribution is 7.89. The number of rotatable bonds is 2. The number of carbonyl (C=O) groups is 1. The molecule has 1 saturated heterocycles. The first kappa shape index (κ1) is 11.9. The summed E-state index contributed by atoms with van der Waals surface area (Å²) >= 11 is 0. The topological polar surface area (TPSA) is 92.5 Å². The quantitative estimate of drug-likeness (QED) is 0.689. The molecule has 0 spiro atoms. The van der Waals surface area contributed by atoms with E-state index >= 15 is 0 Å². The van der Waals surface area contributed by atoms with Crippen LogP contribution in [-0.2, 0) is 14.8 Å². The predicted octanol–water partition coefficient (Wildman–Crippen LogP) is -0.611. The molecular weight excluding hydrogens is 242 g/mol. The van der Waals surface area contributed by atoms with Gasteiger partial charge in [-0.1, -0.05) is 12.1 Å². The third-order valence-corrected chi connectivity index (χ3v) is 4.46. The van der Waals surface area contributed by atoms with Crippen LogP contribution >= 0.6 is 0 Å². The lowest BCUT2D eigenvalue weighted by atomic mass is 10.3. The molecule has 0 bridgehead atoms. The molecular formula is C10H13N3O3S. The van der Waals surface area contributed by atoms with Crippen molar-refractivity contribution in [3.8, 4) is 0 Å². The molecule has 92 valence electrons. The molecule has 17 heavy (non-hydrogen) atoms. The van der Waals surface area contributed by atoms with E-state index in [2.05, 4.69) is 5.32 Å². The second-order valence-corrected chi connectivity index (χ2v) is 5.63. The number of nitrogen functional groups attached to an aromatic ring is 1. The lowest BCUT2D eigenvalue weighted by molar-refractivity contribution is -0.122. The average molecular weight is 255 g/mol. The maximum absolute atomic E-state index is 12.2. The highest BCUT2D eigenvalue weighted by atomic mass is 32.2. The van der Waals surface area contributed by atoms with Crippen LogP contribution in [0.2, 0.25) is 0 Å². The van der Waals surface area contributed by atoms with E-state index in [0.717, 1.165) is 4.31 Å². The number of para-hydroxylation sites is 1. The molecule has 6 nitrogen and oxygen atoms in total. The van der Waals surface area contributed by atoms with Crippen LogP contribution in [0, 0.1) is 0 Å². The first-order valence-corrected chi connectivity index (χ1v) is 6.57. The Hall–Kier alpha value is -1.60. The molecule has 0 atom stereocenters. The number of amides is 1. The second-order valence-electron chi connectivity index (χ2n) is 3.73. The Morgan fingerprint density at radius 3 is 2.65 bits per heavy atom. The maximum atomic E-state index is 12.2. The van der Waals surface area contributed by atoms with Crippen molar-refractivity contribution in [2.75, 3.05) is 25.4 Å². The van der Waals surface area contributed by atoms with E-state index in [1.807, 2.05) is 0 Å². The molecule has 0 radical (unpaired) electrons. The van der Waals surface area contributed by atoms with Crippen LogP contribution in [-0.4, -0.2) is 38.3 Å². The van der Waals surface area contributed by atoms with Crippen molar-refractivity contribution in [3.05, 3.63) is 24.3 Å². The van der Waals surface area contributed by atoms with E-state index in [1.54, 1.807) is 12.1 Å². The largest absolute Gasteiger partial charge is 0.398 e. The van der Waals surface area contributed by atoms with Gasteiger partial charge in [-0.25, -0.2) is 8.42 Å². The van der Waals surface area contributed by atoms with Gasteiger partial charge in [-0.15, -0.1) is 0 Å². The summed E-state index contributed by atoms with van der Waals surface area (Å²) in [6.45, 7) is 0.434. The fraction of sp³-hybridized carbons (Fsp3) is 0.300. The molecule has 3 N–H and O–H groups in total. The van der Waals surface area contributed by atoms with Gasteiger partial charge in [0.2, 0.25) is 15.9 Å². The Kier molecular flexibility index (Phi) is 3.03. The lowest BCUT2D eigenvalue weighted by Crippen LogP contribution is -2.49. The number of nitrogens with zero attached hydrogens (tertiary/aromatic N) is 1. The Morgan fingerprint density at radius 1 is 1.29 bits per heavy atom. The van der Waals surface area contributed by atoms with Gasteiger partial charge in [-0.05, 0) is 12.1 Å². The van der Waals surface area contributed by atoms with E-state index in [9.17, 15) is 13.2 Å². The van der Waals surface area contributed by atoms with Crippen LogP contribution in [0.25, 0.3) is 0 Å². The number of sulfonamides is 1. The minimum atomic E-state index is -3.68. The highest BCUT2D eigenvalue weighted by Gasteiger charge is 2.30. The number of benzene rings is 1. The molecule has 1 aromatic carbocycles. The SMILES string of the molecule is Nc1ccccc1S(=O)(=O)N1CCNC(=O)C1. The minimum Gasteiger partial charge on any atom is -0.398 e. The van der Waals surface area contributed by atoms with Crippen molar-refractivity contribution in [1.29, 1.82) is 0 Å². The zero-order valence-electron chi connectivity index (χ0n) is 9.09. The van der Waals surface area contributed by atoms with Gasteiger partial charge in [-0.3, -0.25) is 4.79 Å². The Balaban J connectivity index is 2.36. The van der Waals surface area contributed by atoms with Crippen molar-refractivity contribution in [1.82, 2.24) is 9.62 Å². The first-order valence-electron chi connectivity index (χ1n) is 5.13. The van der Waals surface area contributed by atoms with Crippen LogP contribution in [0.3, 0.4) is 0 Å². The third-order valence-electron chi connectivity index (χ3n) is 2.54. The lowest BCUT2D eigenvalue weighted by Gasteiger charge is -2.26. The summed E-state index contributed by atoms with van der Waals surface area (Å²) in [5.41, 5.74) is 5.83. The number of nitrogens with two attached hydrogens (primary N) is 1. The second kappa shape index (κ2) is 4.34. The standard InChI is InChI=1S/C10H13N3O3S/c11-8-3-1-2-4-9(8)17(15,16)13-6-5-12-10(14)7-13/h1-4H,5-7,11H2,(H,12,14). The molecule has 0 aromatic heterocycles. The molecule has 0 unspecified atom stereocenters. The Morgan fingerprint density at radius 2 is 2.00 bits per heavy atom. The molecule has 1 fully saturated rings. The van der Waals surface area contributed by atoms with Crippen molar-refractivity contribution >= 4 is 21.6 Å². The molecule has 2 rings (SSSR count). The van der Waals surface area contributed by atoms with Crippen LogP contribution in [0.1, 0.15) is 0 Å². The number of hydrogen-bond acceptors (Lipinski definition) is 4. The maximum Gasteiger partial charge on any atom is 0.245 e. The van der Waals surface area contributed by atoms with Gasteiger partial charge < -0.3 is 11.1 Å². The van der Waals surface area contributed by atoms with Gasteiger partial charge in [0.15, 0.2) is 0 Å². The number of anilines is 1. The van der Waals surface area contributed by atoms with E-state index in [1.165, 1.54) is 12.1 Å². The number of nitrogens with one attached hydrogen (secondary N) is 1. The summed E-state index contributed by atoms with van der Waals surface area (Å²) in [6, 6.07) is 6.23. The number of hydrogen-bond donors (Lipinski definition) is 2. The van der Waals surface area contributed by atoms with Crippen molar-refractivity contribution in [2.45, 2.75) is 4.90 Å². The number of piperazine rings is 1. The van der Waals surface area contributed by atoms with Crippen LogP contribution in [0.15, 0.2) is 29.2 Å². The first-order chi connectivity index (χ1) is 8.01. The summed E-state index contributed by atoms with van der Waals surface area (Å²) in [5, 5.41) is 2.57. The molecule has 1 aliphatic rings. The third kappa shape index (κ3) is 2.25.